The summed E-state index contributed by atoms with van der Waals surface area (Å²) in [5, 5.41) is 7.66. The number of carbonyl (C=O) groups is 1. The molecule has 2 saturated heterocycles. The van der Waals surface area contributed by atoms with Crippen LogP contribution in [0.25, 0.3) is 0 Å². The zero-order valence-corrected chi connectivity index (χ0v) is 19.7. The van der Waals surface area contributed by atoms with Crippen LogP contribution in [0, 0.1) is 5.92 Å². The number of nitrogens with one attached hydrogen (secondary N) is 1. The molecule has 2 aliphatic heterocycles. The van der Waals surface area contributed by atoms with Crippen molar-refractivity contribution in [2.75, 3.05) is 33.0 Å². The van der Waals surface area contributed by atoms with Crippen LogP contribution < -0.4 is 5.32 Å². The van der Waals surface area contributed by atoms with Gasteiger partial charge in [0.2, 0.25) is 0 Å². The molecule has 0 aliphatic carbocycles. The third kappa shape index (κ3) is 7.38. The van der Waals surface area contributed by atoms with Gasteiger partial charge in [0.1, 0.15) is 5.76 Å². The molecule has 2 fully saturated rings. The van der Waals surface area contributed by atoms with E-state index in [2.05, 4.69) is 24.3 Å². The summed E-state index contributed by atoms with van der Waals surface area (Å²) in [6.07, 6.45) is 6.58. The molecule has 1 aromatic heterocycles. The normalized spacial score (nSPS) is 21.4. The van der Waals surface area contributed by atoms with Crippen molar-refractivity contribution in [1.29, 1.82) is 0 Å². The first-order valence-electron chi connectivity index (χ1n) is 11.8. The Morgan fingerprint density at radius 3 is 2.65 bits per heavy atom. The lowest BCUT2D eigenvalue weighted by molar-refractivity contribution is -0.170. The number of nitrogens with zero attached hydrogens (tertiary/aromatic N) is 1. The van der Waals surface area contributed by atoms with E-state index in [1.807, 2.05) is 19.9 Å². The average Bonchev–Trinajstić information content (AvgIpc) is 3.23. The highest BCUT2D eigenvalue weighted by molar-refractivity contribution is 5.89. The molecule has 3 heterocycles. The minimum absolute atomic E-state index is 0.104. The van der Waals surface area contributed by atoms with Crippen molar-refractivity contribution in [3.05, 3.63) is 17.5 Å². The van der Waals surface area contributed by atoms with E-state index in [1.54, 1.807) is 0 Å². The third-order valence-electron chi connectivity index (χ3n) is 6.51. The summed E-state index contributed by atoms with van der Waals surface area (Å²) in [5.74, 6) is 1.39. The summed E-state index contributed by atoms with van der Waals surface area (Å²) < 4.78 is 22.5. The lowest BCUT2D eigenvalue weighted by atomic mass is 9.89. The fourth-order valence-electron chi connectivity index (χ4n) is 4.03. The Bertz CT molecular complexity index is 688. The average molecular weight is 437 g/mol. The van der Waals surface area contributed by atoms with E-state index in [0.29, 0.717) is 18.3 Å². The van der Waals surface area contributed by atoms with E-state index in [9.17, 15) is 4.79 Å². The van der Waals surface area contributed by atoms with Gasteiger partial charge in [-0.1, -0.05) is 19.0 Å². The second-order valence-electron chi connectivity index (χ2n) is 10.2. The van der Waals surface area contributed by atoms with Gasteiger partial charge in [0.15, 0.2) is 12.1 Å². The quantitative estimate of drug-likeness (QED) is 0.565. The first-order valence-corrected chi connectivity index (χ1v) is 11.8. The molecule has 0 bridgehead atoms. The summed E-state index contributed by atoms with van der Waals surface area (Å²) >= 11 is 0. The number of rotatable bonds is 11. The zero-order chi connectivity index (χ0) is 22.3. The minimum Gasteiger partial charge on any atom is -0.381 e. The van der Waals surface area contributed by atoms with E-state index in [1.165, 1.54) is 0 Å². The molecule has 2 aliphatic rings. The summed E-state index contributed by atoms with van der Waals surface area (Å²) in [5.41, 5.74) is -0.116. The van der Waals surface area contributed by atoms with E-state index in [4.69, 9.17) is 18.7 Å². The largest absolute Gasteiger partial charge is 0.381 e. The Hall–Kier alpha value is -1.28. The molecule has 1 atom stereocenters. The van der Waals surface area contributed by atoms with Crippen LogP contribution in [0.1, 0.15) is 77.7 Å². The molecule has 0 saturated carbocycles. The van der Waals surface area contributed by atoms with Crippen LogP contribution in [-0.2, 0) is 30.8 Å². The molecule has 1 unspecified atom stereocenters. The fraction of sp³-hybridized carbons (Fsp3) is 0.833. The molecule has 1 aromatic rings. The van der Waals surface area contributed by atoms with Gasteiger partial charge in [-0.15, -0.1) is 0 Å². The SMILES string of the molecule is CC(C)(NCCC1CCOCC1)C(=O)Cc1cc(C(C)(C)COC2CCCCO2)no1. The monoisotopic (exact) mass is 436 g/mol. The van der Waals surface area contributed by atoms with E-state index in [-0.39, 0.29) is 23.9 Å². The number of Topliss-reactive ketones (excluding diaryl/α,β-unsaturated/α-hetero) is 1. The molecule has 31 heavy (non-hydrogen) atoms. The summed E-state index contributed by atoms with van der Waals surface area (Å²) in [7, 11) is 0. The maximum atomic E-state index is 12.9. The van der Waals surface area contributed by atoms with Crippen molar-refractivity contribution in [3.63, 3.8) is 0 Å². The van der Waals surface area contributed by atoms with Crippen molar-refractivity contribution in [2.24, 2.45) is 5.92 Å². The summed E-state index contributed by atoms with van der Waals surface area (Å²) in [6, 6.07) is 1.89. The molecule has 3 rings (SSSR count). The van der Waals surface area contributed by atoms with Crippen LogP contribution in [0.5, 0.6) is 0 Å². The molecular formula is C24H40N2O5. The second kappa shape index (κ2) is 11.0. The van der Waals surface area contributed by atoms with Crippen LogP contribution in [0.15, 0.2) is 10.6 Å². The Labute approximate surface area is 186 Å². The zero-order valence-electron chi connectivity index (χ0n) is 19.7. The number of ketones is 1. The standard InChI is InChI=1S/C24H40N2O5/c1-23(2,17-30-22-7-5-6-12-29-22)20-15-19(31-26-20)16-21(27)24(3,4)25-11-8-18-9-13-28-14-10-18/h15,18,22,25H,5-14,16-17H2,1-4H3. The highest BCUT2D eigenvalue weighted by Gasteiger charge is 2.31. The Morgan fingerprint density at radius 2 is 1.94 bits per heavy atom. The summed E-state index contributed by atoms with van der Waals surface area (Å²) in [6.45, 7) is 11.8. The molecular weight excluding hydrogens is 396 g/mol. The lowest BCUT2D eigenvalue weighted by Gasteiger charge is -2.28. The van der Waals surface area contributed by atoms with Crippen LogP contribution in [0.4, 0.5) is 0 Å². The van der Waals surface area contributed by atoms with E-state index >= 15 is 0 Å². The molecule has 7 nitrogen and oxygen atoms in total. The Morgan fingerprint density at radius 1 is 1.16 bits per heavy atom. The Balaban J connectivity index is 1.46. The lowest BCUT2D eigenvalue weighted by Crippen LogP contribution is -2.48. The topological polar surface area (TPSA) is 82.8 Å². The highest BCUT2D eigenvalue weighted by atomic mass is 16.7. The van der Waals surface area contributed by atoms with Crippen molar-refractivity contribution < 1.29 is 23.5 Å². The minimum atomic E-state index is -0.602. The van der Waals surface area contributed by atoms with Gasteiger partial charge in [-0.25, -0.2) is 0 Å². The Kier molecular flexibility index (Phi) is 8.67. The molecule has 0 amide bonds. The van der Waals surface area contributed by atoms with E-state index in [0.717, 1.165) is 70.6 Å². The number of hydrogen-bond acceptors (Lipinski definition) is 7. The van der Waals surface area contributed by atoms with Crippen molar-refractivity contribution >= 4 is 5.78 Å². The van der Waals surface area contributed by atoms with Crippen molar-refractivity contribution in [1.82, 2.24) is 10.5 Å². The van der Waals surface area contributed by atoms with E-state index < -0.39 is 5.54 Å². The number of ether oxygens (including phenoxy) is 3. The first-order chi connectivity index (χ1) is 14.8. The molecule has 1 N–H and O–H groups in total. The highest BCUT2D eigenvalue weighted by Crippen LogP contribution is 2.26. The summed E-state index contributed by atoms with van der Waals surface area (Å²) in [4.78, 5) is 12.9. The number of aromatic nitrogens is 1. The van der Waals surface area contributed by atoms with Gasteiger partial charge in [-0.3, -0.25) is 4.79 Å². The van der Waals surface area contributed by atoms with Gasteiger partial charge in [-0.05, 0) is 64.8 Å². The van der Waals surface area contributed by atoms with Crippen molar-refractivity contribution in [2.45, 2.75) is 89.9 Å². The van der Waals surface area contributed by atoms with Gasteiger partial charge >= 0.3 is 0 Å². The second-order valence-corrected chi connectivity index (χ2v) is 10.2. The van der Waals surface area contributed by atoms with Crippen LogP contribution in [-0.4, -0.2) is 55.7 Å². The smallest absolute Gasteiger partial charge is 0.159 e. The molecule has 0 spiro atoms. The third-order valence-corrected chi connectivity index (χ3v) is 6.51. The van der Waals surface area contributed by atoms with Gasteiger partial charge in [-0.2, -0.15) is 0 Å². The predicted molar refractivity (Wildman–Crippen MR) is 118 cm³/mol. The van der Waals surface area contributed by atoms with Gasteiger partial charge in [0.05, 0.1) is 24.3 Å². The van der Waals surface area contributed by atoms with Crippen LogP contribution in [0.3, 0.4) is 0 Å². The number of carbonyl (C=O) groups excluding carboxylic acids is 1. The molecule has 0 radical (unpaired) electrons. The predicted octanol–water partition coefficient (Wildman–Crippen LogP) is 3.79. The first kappa shape index (κ1) is 24.4. The maximum absolute atomic E-state index is 12.9. The van der Waals surface area contributed by atoms with Gasteiger partial charge < -0.3 is 24.1 Å². The van der Waals surface area contributed by atoms with Crippen molar-refractivity contribution in [3.8, 4) is 0 Å². The fourth-order valence-corrected chi connectivity index (χ4v) is 4.03. The molecule has 0 aromatic carbocycles. The molecule has 7 heteroatoms. The molecule has 176 valence electrons. The van der Waals surface area contributed by atoms with Gasteiger partial charge in [0, 0.05) is 31.3 Å². The van der Waals surface area contributed by atoms with Gasteiger partial charge in [0.25, 0.3) is 0 Å². The maximum Gasteiger partial charge on any atom is 0.159 e. The van der Waals surface area contributed by atoms with Crippen LogP contribution in [0.2, 0.25) is 0 Å². The number of hydrogen-bond donors (Lipinski definition) is 1. The van der Waals surface area contributed by atoms with Crippen LogP contribution >= 0.6 is 0 Å².